The average molecular weight is 224 g/mol. The Labute approximate surface area is 94.1 Å². The van der Waals surface area contributed by atoms with Crippen molar-refractivity contribution in [2.75, 3.05) is 11.9 Å². The molecule has 16 heavy (non-hydrogen) atoms. The highest BCUT2D eigenvalue weighted by molar-refractivity contribution is 5.89. The predicted molar refractivity (Wildman–Crippen MR) is 60.7 cm³/mol. The van der Waals surface area contributed by atoms with Gasteiger partial charge in [0.15, 0.2) is 0 Å². The van der Waals surface area contributed by atoms with Gasteiger partial charge in [0, 0.05) is 6.54 Å². The van der Waals surface area contributed by atoms with Gasteiger partial charge in [-0.15, -0.1) is 0 Å². The van der Waals surface area contributed by atoms with Crippen LogP contribution in [0.1, 0.15) is 29.4 Å². The molecule has 0 fully saturated rings. The van der Waals surface area contributed by atoms with E-state index < -0.39 is 5.97 Å². The van der Waals surface area contributed by atoms with Gasteiger partial charge < -0.3 is 15.5 Å². The fraction of sp³-hybridized carbons (Fsp3) is 0.455. The number of rotatable bonds is 5. The standard InChI is InChI=1S/C11H16N2O3/c1-7(14)5-6-12-10-4-3-9(11(15)16)8(2)13-10/h3-4,7,14H,5-6H2,1-2H3,(H,12,13)(H,15,16). The van der Waals surface area contributed by atoms with Crippen LogP contribution in [0.3, 0.4) is 0 Å². The number of pyridine rings is 1. The summed E-state index contributed by atoms with van der Waals surface area (Å²) in [6, 6.07) is 3.15. The third-order valence-electron chi connectivity index (χ3n) is 2.18. The first-order valence-electron chi connectivity index (χ1n) is 5.13. The molecule has 0 aliphatic carbocycles. The topological polar surface area (TPSA) is 82.5 Å². The molecule has 1 heterocycles. The van der Waals surface area contributed by atoms with Crippen molar-refractivity contribution >= 4 is 11.8 Å². The molecule has 0 aliphatic heterocycles. The maximum atomic E-state index is 10.7. The Hall–Kier alpha value is -1.62. The highest BCUT2D eigenvalue weighted by Crippen LogP contribution is 2.10. The van der Waals surface area contributed by atoms with Gasteiger partial charge in [-0.3, -0.25) is 0 Å². The Kier molecular flexibility index (Phi) is 4.25. The fourth-order valence-corrected chi connectivity index (χ4v) is 1.29. The third kappa shape index (κ3) is 3.51. The number of hydrogen-bond acceptors (Lipinski definition) is 4. The van der Waals surface area contributed by atoms with E-state index in [-0.39, 0.29) is 11.7 Å². The summed E-state index contributed by atoms with van der Waals surface area (Å²) < 4.78 is 0. The number of aromatic carboxylic acids is 1. The van der Waals surface area contributed by atoms with E-state index in [1.807, 2.05) is 0 Å². The number of nitrogens with one attached hydrogen (secondary N) is 1. The van der Waals surface area contributed by atoms with Crippen molar-refractivity contribution in [1.29, 1.82) is 0 Å². The third-order valence-corrected chi connectivity index (χ3v) is 2.18. The van der Waals surface area contributed by atoms with Gasteiger partial charge in [-0.05, 0) is 32.4 Å². The van der Waals surface area contributed by atoms with E-state index in [1.165, 1.54) is 6.07 Å². The summed E-state index contributed by atoms with van der Waals surface area (Å²) in [6.07, 6.45) is 0.272. The molecule has 1 atom stereocenters. The lowest BCUT2D eigenvalue weighted by molar-refractivity contribution is 0.0695. The number of hydrogen-bond donors (Lipinski definition) is 3. The van der Waals surface area contributed by atoms with Crippen LogP contribution in [0.5, 0.6) is 0 Å². The van der Waals surface area contributed by atoms with Gasteiger partial charge in [-0.1, -0.05) is 0 Å². The first-order chi connectivity index (χ1) is 7.50. The van der Waals surface area contributed by atoms with Gasteiger partial charge in [0.25, 0.3) is 0 Å². The monoisotopic (exact) mass is 224 g/mol. The maximum Gasteiger partial charge on any atom is 0.337 e. The van der Waals surface area contributed by atoms with Crippen LogP contribution in [-0.2, 0) is 0 Å². The lowest BCUT2D eigenvalue weighted by atomic mass is 10.2. The normalized spacial score (nSPS) is 12.2. The summed E-state index contributed by atoms with van der Waals surface area (Å²) in [6.45, 7) is 3.98. The lowest BCUT2D eigenvalue weighted by Crippen LogP contribution is -2.11. The number of aliphatic hydroxyl groups is 1. The molecule has 5 heteroatoms. The zero-order chi connectivity index (χ0) is 12.1. The van der Waals surface area contributed by atoms with Gasteiger partial charge in [0.2, 0.25) is 0 Å². The van der Waals surface area contributed by atoms with Crippen LogP contribution >= 0.6 is 0 Å². The number of aliphatic hydroxyl groups excluding tert-OH is 1. The van der Waals surface area contributed by atoms with Crippen molar-refractivity contribution in [2.45, 2.75) is 26.4 Å². The van der Waals surface area contributed by atoms with Crippen LogP contribution in [0.4, 0.5) is 5.82 Å². The molecule has 0 bridgehead atoms. The average Bonchev–Trinajstić information content (AvgIpc) is 2.16. The van der Waals surface area contributed by atoms with Crippen LogP contribution in [0.25, 0.3) is 0 Å². The largest absolute Gasteiger partial charge is 0.478 e. The van der Waals surface area contributed by atoms with Crippen molar-refractivity contribution in [3.63, 3.8) is 0 Å². The second kappa shape index (κ2) is 5.46. The molecule has 5 nitrogen and oxygen atoms in total. The van der Waals surface area contributed by atoms with E-state index in [9.17, 15) is 4.79 Å². The van der Waals surface area contributed by atoms with Crippen LogP contribution in [0.2, 0.25) is 0 Å². The smallest absolute Gasteiger partial charge is 0.337 e. The van der Waals surface area contributed by atoms with Gasteiger partial charge in [0.1, 0.15) is 5.82 Å². The van der Waals surface area contributed by atoms with E-state index in [1.54, 1.807) is 19.9 Å². The quantitative estimate of drug-likeness (QED) is 0.701. The number of anilines is 1. The first kappa shape index (κ1) is 12.4. The van der Waals surface area contributed by atoms with Gasteiger partial charge in [0.05, 0.1) is 17.4 Å². The molecule has 0 aliphatic rings. The SMILES string of the molecule is Cc1nc(NCCC(C)O)ccc1C(=O)O. The molecule has 0 radical (unpaired) electrons. The minimum absolute atomic E-state index is 0.209. The molecule has 0 amide bonds. The van der Waals surface area contributed by atoms with Gasteiger partial charge in [-0.25, -0.2) is 9.78 Å². The number of aromatic nitrogens is 1. The summed E-state index contributed by atoms with van der Waals surface area (Å²) in [5, 5.41) is 20.9. The Morgan fingerprint density at radius 2 is 2.25 bits per heavy atom. The van der Waals surface area contributed by atoms with E-state index in [0.717, 1.165) is 0 Å². The summed E-state index contributed by atoms with van der Waals surface area (Å²) in [5.41, 5.74) is 0.690. The van der Waals surface area contributed by atoms with Crippen LogP contribution in [-0.4, -0.2) is 33.8 Å². The zero-order valence-corrected chi connectivity index (χ0v) is 9.40. The van der Waals surface area contributed by atoms with E-state index >= 15 is 0 Å². The van der Waals surface area contributed by atoms with Crippen molar-refractivity contribution in [3.05, 3.63) is 23.4 Å². The lowest BCUT2D eigenvalue weighted by Gasteiger charge is -2.08. The molecule has 0 spiro atoms. The van der Waals surface area contributed by atoms with Crippen molar-refractivity contribution < 1.29 is 15.0 Å². The molecule has 1 unspecified atom stereocenters. The van der Waals surface area contributed by atoms with E-state index in [0.29, 0.717) is 24.5 Å². The maximum absolute atomic E-state index is 10.7. The molecule has 0 saturated carbocycles. The summed E-state index contributed by atoms with van der Waals surface area (Å²) >= 11 is 0. The van der Waals surface area contributed by atoms with Crippen molar-refractivity contribution in [2.24, 2.45) is 0 Å². The molecule has 0 saturated heterocycles. The second-order valence-corrected chi connectivity index (χ2v) is 3.70. The van der Waals surface area contributed by atoms with Gasteiger partial charge >= 0.3 is 5.97 Å². The second-order valence-electron chi connectivity index (χ2n) is 3.70. The van der Waals surface area contributed by atoms with Crippen LogP contribution in [0, 0.1) is 6.92 Å². The van der Waals surface area contributed by atoms with Crippen molar-refractivity contribution in [3.8, 4) is 0 Å². The van der Waals surface area contributed by atoms with Crippen molar-refractivity contribution in [1.82, 2.24) is 4.98 Å². The minimum atomic E-state index is -0.972. The number of aryl methyl sites for hydroxylation is 1. The number of carbonyl (C=O) groups is 1. The Morgan fingerprint density at radius 1 is 1.56 bits per heavy atom. The van der Waals surface area contributed by atoms with Crippen LogP contribution < -0.4 is 5.32 Å². The van der Waals surface area contributed by atoms with Gasteiger partial charge in [-0.2, -0.15) is 0 Å². The first-order valence-corrected chi connectivity index (χ1v) is 5.13. The van der Waals surface area contributed by atoms with E-state index in [2.05, 4.69) is 10.3 Å². The highest BCUT2D eigenvalue weighted by Gasteiger charge is 2.08. The number of carboxylic acid groups (broad SMARTS) is 1. The summed E-state index contributed by atoms with van der Waals surface area (Å²) in [7, 11) is 0. The molecular formula is C11H16N2O3. The predicted octanol–water partition coefficient (Wildman–Crippen LogP) is 1.27. The molecule has 3 N–H and O–H groups in total. The molecular weight excluding hydrogens is 208 g/mol. The zero-order valence-electron chi connectivity index (χ0n) is 9.40. The molecule has 1 aromatic rings. The minimum Gasteiger partial charge on any atom is -0.478 e. The fourth-order valence-electron chi connectivity index (χ4n) is 1.29. The summed E-state index contributed by atoms with van der Waals surface area (Å²) in [4.78, 5) is 14.9. The highest BCUT2D eigenvalue weighted by atomic mass is 16.4. The van der Waals surface area contributed by atoms with Crippen LogP contribution in [0.15, 0.2) is 12.1 Å². The molecule has 0 aromatic carbocycles. The molecule has 88 valence electrons. The Balaban J connectivity index is 2.63. The number of carboxylic acids is 1. The summed E-state index contributed by atoms with van der Waals surface area (Å²) in [5.74, 6) is -0.344. The Morgan fingerprint density at radius 3 is 2.75 bits per heavy atom. The molecule has 1 aromatic heterocycles. The van der Waals surface area contributed by atoms with E-state index in [4.69, 9.17) is 10.2 Å². The molecule has 1 rings (SSSR count). The Bertz CT molecular complexity index is 377. The number of nitrogens with zero attached hydrogens (tertiary/aromatic N) is 1.